The molecule has 0 fully saturated rings. The fourth-order valence-corrected chi connectivity index (χ4v) is 7.33. The van der Waals surface area contributed by atoms with Gasteiger partial charge in [0.1, 0.15) is 0 Å². The summed E-state index contributed by atoms with van der Waals surface area (Å²) in [6.45, 7) is 14.7. The van der Waals surface area contributed by atoms with E-state index in [1.165, 1.54) is 64.2 Å². The van der Waals surface area contributed by atoms with Crippen LogP contribution in [0.2, 0.25) is 11.1 Å². The number of carbonyl (C=O) groups excluding carboxylic acids is 1. The Morgan fingerprint density at radius 1 is 0.667 bits per heavy atom. The van der Waals surface area contributed by atoms with Gasteiger partial charge < -0.3 is 13.6 Å². The van der Waals surface area contributed by atoms with Crippen LogP contribution in [-0.2, 0) is 18.4 Å². The first-order valence-electron chi connectivity index (χ1n) is 12.5. The van der Waals surface area contributed by atoms with Crippen LogP contribution in [0.1, 0.15) is 126 Å². The molecule has 182 valence electrons. The first-order valence-corrected chi connectivity index (χ1v) is 14.4. The molecule has 0 aliphatic heterocycles. The Morgan fingerprint density at radius 2 is 1.03 bits per heavy atom. The van der Waals surface area contributed by atoms with Gasteiger partial charge in [0, 0.05) is 20.6 Å². The lowest BCUT2D eigenvalue weighted by Gasteiger charge is -2.34. The Hall–Kier alpha value is -0.393. The molecule has 0 saturated heterocycles. The van der Waals surface area contributed by atoms with Gasteiger partial charge in [0.2, 0.25) is 0 Å². The van der Waals surface area contributed by atoms with Gasteiger partial charge in [0.15, 0.2) is 0 Å². The van der Waals surface area contributed by atoms with E-state index >= 15 is 0 Å². The summed E-state index contributed by atoms with van der Waals surface area (Å²) < 4.78 is 16.2. The molecular weight excluding hydrogens is 392 g/mol. The second-order valence-electron chi connectivity index (χ2n) is 9.26. The minimum atomic E-state index is -1.90. The summed E-state index contributed by atoms with van der Waals surface area (Å²) in [7, 11) is 1.62. The molecule has 0 heterocycles. The molecule has 0 amide bonds. The van der Waals surface area contributed by atoms with E-state index in [0.717, 1.165) is 6.42 Å². The monoisotopic (exact) mass is 446 g/mol. The zero-order chi connectivity index (χ0) is 23.4. The van der Waals surface area contributed by atoms with Gasteiger partial charge >= 0.3 is 14.5 Å². The van der Waals surface area contributed by atoms with Gasteiger partial charge in [0.25, 0.3) is 0 Å². The normalized spacial score (nSPS) is 11.7. The lowest BCUT2D eigenvalue weighted by molar-refractivity contribution is -0.147. The number of unbranched alkanes of at least 4 members (excludes halogenated alkanes) is 10. The summed E-state index contributed by atoms with van der Waals surface area (Å²) in [5.74, 6) is -0.0362. The van der Waals surface area contributed by atoms with Crippen LogP contribution < -0.4 is 0 Å². The standard InChI is InChI=1S/C17H34O2.C8H20O2Si/c1-4-5-6-7-8-9-10-11-12-13-14-15-17(18)19-16(2)3;1-7(2)11(9-5,10-6)8(3)4/h16H,4-15H2,1-3H3;7-8H,1-6H3. The second-order valence-corrected chi connectivity index (χ2v) is 13.8. The van der Waals surface area contributed by atoms with E-state index in [-0.39, 0.29) is 12.1 Å². The molecule has 5 heteroatoms. The highest BCUT2D eigenvalue weighted by atomic mass is 28.4. The second kappa shape index (κ2) is 20.5. The fraction of sp³-hybridized carbons (Fsp3) is 0.960. The number of ether oxygens (including phenoxy) is 1. The van der Waals surface area contributed by atoms with Gasteiger partial charge in [-0.2, -0.15) is 0 Å². The summed E-state index contributed by atoms with van der Waals surface area (Å²) in [4.78, 5) is 11.3. The molecule has 0 aromatic rings. The van der Waals surface area contributed by atoms with E-state index in [0.29, 0.717) is 17.5 Å². The molecule has 0 aliphatic rings. The van der Waals surface area contributed by atoms with Crippen molar-refractivity contribution >= 4 is 14.5 Å². The Kier molecular flexibility index (Phi) is 21.7. The summed E-state index contributed by atoms with van der Waals surface area (Å²) >= 11 is 0. The van der Waals surface area contributed by atoms with Crippen molar-refractivity contribution in [3.05, 3.63) is 0 Å². The number of hydrogen-bond donors (Lipinski definition) is 0. The third-order valence-electron chi connectivity index (χ3n) is 5.60. The van der Waals surface area contributed by atoms with Gasteiger partial charge in [-0.05, 0) is 31.4 Å². The SMILES string of the molecule is CCCCCCCCCCCCCC(=O)OC(C)C.CO[Si](OC)(C(C)C)C(C)C. The highest BCUT2D eigenvalue weighted by Gasteiger charge is 2.42. The first-order chi connectivity index (χ1) is 14.2. The minimum absolute atomic E-state index is 0.0280. The average Bonchev–Trinajstić information content (AvgIpc) is 2.67. The van der Waals surface area contributed by atoms with Crippen LogP contribution in [0.15, 0.2) is 0 Å². The molecule has 30 heavy (non-hydrogen) atoms. The topological polar surface area (TPSA) is 44.8 Å². The largest absolute Gasteiger partial charge is 0.463 e. The molecule has 0 aliphatic carbocycles. The molecule has 0 rings (SSSR count). The third-order valence-corrected chi connectivity index (χ3v) is 10.1. The average molecular weight is 447 g/mol. The lowest BCUT2D eigenvalue weighted by Crippen LogP contribution is -2.46. The predicted octanol–water partition coefficient (Wildman–Crippen LogP) is 8.18. The number of carbonyl (C=O) groups is 1. The zero-order valence-corrected chi connectivity index (χ0v) is 22.9. The van der Waals surface area contributed by atoms with E-state index in [4.69, 9.17) is 13.6 Å². The molecule has 4 nitrogen and oxygen atoms in total. The van der Waals surface area contributed by atoms with Crippen molar-refractivity contribution < 1.29 is 18.4 Å². The van der Waals surface area contributed by atoms with E-state index in [2.05, 4.69) is 34.6 Å². The molecule has 0 aromatic heterocycles. The molecule has 0 unspecified atom stereocenters. The van der Waals surface area contributed by atoms with Gasteiger partial charge in [-0.25, -0.2) is 0 Å². The Bertz CT molecular complexity index is 369. The van der Waals surface area contributed by atoms with Crippen LogP contribution >= 0.6 is 0 Å². The van der Waals surface area contributed by atoms with Crippen molar-refractivity contribution in [2.24, 2.45) is 0 Å². The summed E-state index contributed by atoms with van der Waals surface area (Å²) in [6, 6.07) is 0. The highest BCUT2D eigenvalue weighted by Crippen LogP contribution is 2.32. The Labute approximate surface area is 190 Å². The van der Waals surface area contributed by atoms with Crippen molar-refractivity contribution in [1.29, 1.82) is 0 Å². The summed E-state index contributed by atoms with van der Waals surface area (Å²) in [6.07, 6.45) is 15.1. The maximum atomic E-state index is 11.3. The quantitative estimate of drug-likeness (QED) is 0.128. The molecule has 0 N–H and O–H groups in total. The summed E-state index contributed by atoms with van der Waals surface area (Å²) in [5.41, 5.74) is 1.02. The molecular formula is C25H54O4Si. The highest BCUT2D eigenvalue weighted by molar-refractivity contribution is 6.70. The number of esters is 1. The molecule has 0 spiro atoms. The summed E-state index contributed by atoms with van der Waals surface area (Å²) in [5, 5.41) is 0. The maximum Gasteiger partial charge on any atom is 0.342 e. The van der Waals surface area contributed by atoms with Crippen LogP contribution in [0.25, 0.3) is 0 Å². The van der Waals surface area contributed by atoms with Crippen molar-refractivity contribution in [1.82, 2.24) is 0 Å². The predicted molar refractivity (Wildman–Crippen MR) is 132 cm³/mol. The number of hydrogen-bond acceptors (Lipinski definition) is 4. The Morgan fingerprint density at radius 3 is 1.30 bits per heavy atom. The van der Waals surface area contributed by atoms with E-state index in [1.54, 1.807) is 14.2 Å². The molecule has 0 saturated carbocycles. The van der Waals surface area contributed by atoms with Gasteiger partial charge in [-0.3, -0.25) is 4.79 Å². The maximum absolute atomic E-state index is 11.3. The van der Waals surface area contributed by atoms with Crippen molar-refractivity contribution in [3.63, 3.8) is 0 Å². The van der Waals surface area contributed by atoms with Crippen LogP contribution in [0, 0.1) is 0 Å². The van der Waals surface area contributed by atoms with Crippen LogP contribution in [0.5, 0.6) is 0 Å². The van der Waals surface area contributed by atoms with Crippen LogP contribution in [0.3, 0.4) is 0 Å². The molecule has 0 radical (unpaired) electrons. The van der Waals surface area contributed by atoms with Crippen molar-refractivity contribution in [2.75, 3.05) is 14.2 Å². The molecule has 0 atom stereocenters. The van der Waals surface area contributed by atoms with Crippen molar-refractivity contribution in [2.45, 2.75) is 143 Å². The first kappa shape index (κ1) is 31.8. The van der Waals surface area contributed by atoms with E-state index in [1.807, 2.05) is 13.8 Å². The van der Waals surface area contributed by atoms with E-state index in [9.17, 15) is 4.79 Å². The van der Waals surface area contributed by atoms with Gasteiger partial charge in [-0.15, -0.1) is 0 Å². The lowest BCUT2D eigenvalue weighted by atomic mass is 10.1. The molecule has 0 bridgehead atoms. The van der Waals surface area contributed by atoms with Crippen LogP contribution in [-0.4, -0.2) is 34.9 Å². The zero-order valence-electron chi connectivity index (χ0n) is 21.9. The Balaban J connectivity index is 0. The van der Waals surface area contributed by atoms with Gasteiger partial charge in [-0.1, -0.05) is 98.8 Å². The van der Waals surface area contributed by atoms with Crippen LogP contribution in [0.4, 0.5) is 0 Å². The van der Waals surface area contributed by atoms with E-state index < -0.39 is 8.56 Å². The molecule has 0 aromatic carbocycles. The number of rotatable bonds is 17. The van der Waals surface area contributed by atoms with Gasteiger partial charge in [0.05, 0.1) is 6.10 Å². The fourth-order valence-electron chi connectivity index (χ4n) is 3.95. The third kappa shape index (κ3) is 16.3. The van der Waals surface area contributed by atoms with Crippen molar-refractivity contribution in [3.8, 4) is 0 Å². The minimum Gasteiger partial charge on any atom is -0.463 e. The smallest absolute Gasteiger partial charge is 0.342 e.